The number of aliphatic hydroxyl groups is 4. The first-order valence-electron chi connectivity index (χ1n) is 4.44. The number of rotatable bonds is 3. The fourth-order valence-corrected chi connectivity index (χ4v) is 1.42. The predicted octanol–water partition coefficient (Wildman–Crippen LogP) is -2.65. The van der Waals surface area contributed by atoms with Crippen LogP contribution in [-0.4, -0.2) is 63.7 Å². The van der Waals surface area contributed by atoms with Crippen LogP contribution < -0.4 is 0 Å². The van der Waals surface area contributed by atoms with Crippen LogP contribution in [0.5, 0.6) is 0 Å². The highest BCUT2D eigenvalue weighted by Gasteiger charge is 2.44. The van der Waals surface area contributed by atoms with Crippen LogP contribution in [0.4, 0.5) is 0 Å². The molecule has 1 aliphatic heterocycles. The highest BCUT2D eigenvalue weighted by atomic mass is 16.6. The van der Waals surface area contributed by atoms with Gasteiger partial charge < -0.3 is 29.9 Å². The van der Waals surface area contributed by atoms with Crippen LogP contribution in [-0.2, 0) is 14.3 Å². The lowest BCUT2D eigenvalue weighted by atomic mass is 10.1. The number of hydrogen-bond donors (Lipinski definition) is 4. The van der Waals surface area contributed by atoms with Gasteiger partial charge in [0.05, 0.1) is 6.61 Å². The molecule has 0 radical (unpaired) electrons. The highest BCUT2D eigenvalue weighted by Crippen LogP contribution is 2.22. The minimum absolute atomic E-state index is 0.133. The maximum absolute atomic E-state index is 10.7. The Bertz CT molecular complexity index is 229. The van der Waals surface area contributed by atoms with E-state index in [1.54, 1.807) is 0 Å². The molecule has 1 rings (SSSR count). The van der Waals surface area contributed by atoms with Gasteiger partial charge in [0, 0.05) is 6.92 Å². The van der Waals surface area contributed by atoms with E-state index in [1.165, 1.54) is 0 Å². The Balaban J connectivity index is 2.67. The SMILES string of the molecule is CC(=O)OC1[C@@H](C(O)C(O)O)OC[C@H]1O. The molecule has 0 bridgehead atoms. The van der Waals surface area contributed by atoms with Gasteiger partial charge in [-0.3, -0.25) is 4.79 Å². The van der Waals surface area contributed by atoms with E-state index in [-0.39, 0.29) is 6.61 Å². The molecule has 1 heterocycles. The first-order chi connectivity index (χ1) is 6.93. The van der Waals surface area contributed by atoms with Crippen molar-refractivity contribution < 1.29 is 34.7 Å². The topological polar surface area (TPSA) is 116 Å². The second-order valence-corrected chi connectivity index (χ2v) is 3.34. The van der Waals surface area contributed by atoms with Gasteiger partial charge in [-0.05, 0) is 0 Å². The van der Waals surface area contributed by atoms with Crippen LogP contribution in [0.3, 0.4) is 0 Å². The molecule has 2 unspecified atom stereocenters. The molecule has 1 fully saturated rings. The lowest BCUT2D eigenvalue weighted by Crippen LogP contribution is -2.46. The minimum atomic E-state index is -2.02. The van der Waals surface area contributed by atoms with Gasteiger partial charge in [-0.1, -0.05) is 0 Å². The van der Waals surface area contributed by atoms with Crippen molar-refractivity contribution in [2.45, 2.75) is 37.6 Å². The van der Waals surface area contributed by atoms with Crippen molar-refractivity contribution in [1.82, 2.24) is 0 Å². The highest BCUT2D eigenvalue weighted by molar-refractivity contribution is 5.66. The fraction of sp³-hybridized carbons (Fsp3) is 0.875. The maximum atomic E-state index is 10.7. The average molecular weight is 222 g/mol. The maximum Gasteiger partial charge on any atom is 0.303 e. The minimum Gasteiger partial charge on any atom is -0.457 e. The predicted molar refractivity (Wildman–Crippen MR) is 45.5 cm³/mol. The summed E-state index contributed by atoms with van der Waals surface area (Å²) in [6, 6.07) is 0. The van der Waals surface area contributed by atoms with Crippen molar-refractivity contribution >= 4 is 5.97 Å². The molecular formula is C8H14O7. The van der Waals surface area contributed by atoms with Crippen molar-refractivity contribution in [3.05, 3.63) is 0 Å². The van der Waals surface area contributed by atoms with E-state index in [4.69, 9.17) is 19.7 Å². The van der Waals surface area contributed by atoms with Gasteiger partial charge in [-0.25, -0.2) is 0 Å². The summed E-state index contributed by atoms with van der Waals surface area (Å²) in [6.45, 7) is 1.01. The number of carbonyl (C=O) groups excluding carboxylic acids is 1. The largest absolute Gasteiger partial charge is 0.457 e. The van der Waals surface area contributed by atoms with Crippen molar-refractivity contribution in [1.29, 1.82) is 0 Å². The van der Waals surface area contributed by atoms with E-state index in [2.05, 4.69) is 0 Å². The third-order valence-corrected chi connectivity index (χ3v) is 2.11. The Kier molecular flexibility index (Phi) is 4.00. The third-order valence-electron chi connectivity index (χ3n) is 2.11. The molecule has 7 heteroatoms. The van der Waals surface area contributed by atoms with Crippen molar-refractivity contribution in [3.63, 3.8) is 0 Å². The standard InChI is InChI=1S/C8H14O7/c1-3(9)15-6-4(10)2-14-7(6)5(11)8(12)13/h4-8,10-13H,2H2,1H3/t4-,5?,6?,7-/m1/s1. The second kappa shape index (κ2) is 4.86. The van der Waals surface area contributed by atoms with E-state index in [0.717, 1.165) is 6.92 Å². The molecule has 0 aromatic carbocycles. The molecule has 0 saturated carbocycles. The number of hydrogen-bond acceptors (Lipinski definition) is 7. The van der Waals surface area contributed by atoms with Gasteiger partial charge >= 0.3 is 5.97 Å². The quantitative estimate of drug-likeness (QED) is 0.304. The van der Waals surface area contributed by atoms with Gasteiger partial charge in [0.15, 0.2) is 12.4 Å². The molecule has 0 amide bonds. The number of esters is 1. The fourth-order valence-electron chi connectivity index (χ4n) is 1.42. The molecule has 1 saturated heterocycles. The number of ether oxygens (including phenoxy) is 2. The van der Waals surface area contributed by atoms with Crippen molar-refractivity contribution in [2.24, 2.45) is 0 Å². The summed E-state index contributed by atoms with van der Waals surface area (Å²) in [5.41, 5.74) is 0. The van der Waals surface area contributed by atoms with Gasteiger partial charge in [-0.2, -0.15) is 0 Å². The van der Waals surface area contributed by atoms with Crippen LogP contribution in [0.25, 0.3) is 0 Å². The molecule has 0 aromatic rings. The average Bonchev–Trinajstić information content (AvgIpc) is 2.46. The summed E-state index contributed by atoms with van der Waals surface area (Å²) >= 11 is 0. The van der Waals surface area contributed by atoms with Gasteiger partial charge in [-0.15, -0.1) is 0 Å². The zero-order valence-electron chi connectivity index (χ0n) is 8.11. The summed E-state index contributed by atoms with van der Waals surface area (Å²) in [5, 5.41) is 36.1. The van der Waals surface area contributed by atoms with E-state index in [0.29, 0.717) is 0 Å². The molecule has 4 atom stereocenters. The molecule has 0 aliphatic carbocycles. The van der Waals surface area contributed by atoms with Crippen LogP contribution >= 0.6 is 0 Å². The smallest absolute Gasteiger partial charge is 0.303 e. The summed E-state index contributed by atoms with van der Waals surface area (Å²) < 4.78 is 9.62. The van der Waals surface area contributed by atoms with Gasteiger partial charge in [0.25, 0.3) is 0 Å². The molecule has 15 heavy (non-hydrogen) atoms. The van der Waals surface area contributed by atoms with E-state index in [1.807, 2.05) is 0 Å². The first kappa shape index (κ1) is 12.3. The lowest BCUT2D eigenvalue weighted by Gasteiger charge is -2.25. The van der Waals surface area contributed by atoms with Gasteiger partial charge in [0.2, 0.25) is 0 Å². The zero-order valence-corrected chi connectivity index (χ0v) is 8.11. The molecule has 7 nitrogen and oxygen atoms in total. The van der Waals surface area contributed by atoms with Crippen molar-refractivity contribution in [3.8, 4) is 0 Å². The number of aliphatic hydroxyl groups excluding tert-OH is 3. The molecule has 1 aliphatic rings. The Hall–Kier alpha value is -0.730. The molecule has 0 spiro atoms. The lowest BCUT2D eigenvalue weighted by molar-refractivity contribution is -0.184. The van der Waals surface area contributed by atoms with Crippen molar-refractivity contribution in [2.75, 3.05) is 6.61 Å². The monoisotopic (exact) mass is 222 g/mol. The Morgan fingerprint density at radius 2 is 2.07 bits per heavy atom. The molecule has 0 aromatic heterocycles. The van der Waals surface area contributed by atoms with Crippen LogP contribution in [0.2, 0.25) is 0 Å². The van der Waals surface area contributed by atoms with E-state index in [9.17, 15) is 15.0 Å². The summed E-state index contributed by atoms with van der Waals surface area (Å²) in [7, 11) is 0. The Morgan fingerprint density at radius 1 is 1.47 bits per heavy atom. The second-order valence-electron chi connectivity index (χ2n) is 3.34. The van der Waals surface area contributed by atoms with Crippen LogP contribution in [0.15, 0.2) is 0 Å². The zero-order chi connectivity index (χ0) is 11.6. The van der Waals surface area contributed by atoms with E-state index < -0.39 is 36.7 Å². The van der Waals surface area contributed by atoms with Crippen LogP contribution in [0, 0.1) is 0 Å². The summed E-state index contributed by atoms with van der Waals surface area (Å²) in [5.74, 6) is -0.644. The Labute approximate surface area is 85.9 Å². The first-order valence-corrected chi connectivity index (χ1v) is 4.44. The Morgan fingerprint density at radius 3 is 2.53 bits per heavy atom. The summed E-state index contributed by atoms with van der Waals surface area (Å²) in [6.07, 6.45) is -6.94. The van der Waals surface area contributed by atoms with Gasteiger partial charge in [0.1, 0.15) is 18.3 Å². The molecule has 4 N–H and O–H groups in total. The summed E-state index contributed by atoms with van der Waals surface area (Å²) in [4.78, 5) is 10.7. The molecule has 88 valence electrons. The van der Waals surface area contributed by atoms with E-state index >= 15 is 0 Å². The normalized spacial score (nSPS) is 33.1. The molecular weight excluding hydrogens is 208 g/mol. The number of carbonyl (C=O) groups is 1. The van der Waals surface area contributed by atoms with Crippen LogP contribution in [0.1, 0.15) is 6.92 Å². The third kappa shape index (κ3) is 2.86.